The number of carbonyl (C=O) groups is 1. The van der Waals surface area contributed by atoms with Crippen molar-refractivity contribution in [2.75, 3.05) is 0 Å². The van der Waals surface area contributed by atoms with Crippen molar-refractivity contribution in [2.24, 2.45) is 22.7 Å². The fourth-order valence-electron chi connectivity index (χ4n) is 11.4. The van der Waals surface area contributed by atoms with Gasteiger partial charge in [-0.3, -0.25) is 4.79 Å². The van der Waals surface area contributed by atoms with E-state index in [0.717, 1.165) is 96.4 Å². The standard InChI is InChI=1S/C29H27FN2OS.C23H21FN2OS.C6H5.2CH4.Li/c1-28-17-20-18-31-32(25-12-10-24(30)11-13-25)26(20)16-22(28)8-5-9-27(28)29(33,23-14-15-34-19-23)21-6-3-2-4-7-21;1-23-12-16-13-25-26(19-7-5-18(24)6-8-19)21(16)11-17(23)3-2-4-20(23)22(27)15-9-10-28-14-15;1-2-4-6-5-3-1;;;/h2-4,6-7,10-16,18-19,27,33H,5,8-9,17H2,1H3;5-11,13-14,20H,2-4,12H2,1H3;1-5H;2*1H4;/q;;-1;;;+1/t27-,28-,29?;20-,23+;;;;/m01..../s1. The second-order valence-electron chi connectivity index (χ2n) is 18.9. The van der Waals surface area contributed by atoms with Crippen LogP contribution in [0.3, 0.4) is 0 Å². The maximum absolute atomic E-state index is 13.5. The number of hydrogen-bond donors (Lipinski definition) is 1. The van der Waals surface area contributed by atoms with Gasteiger partial charge < -0.3 is 5.11 Å². The summed E-state index contributed by atoms with van der Waals surface area (Å²) in [5, 5.41) is 29.9. The molecule has 8 aromatic rings. The summed E-state index contributed by atoms with van der Waals surface area (Å²) in [5.74, 6) is -0.204. The number of hydrogen-bond acceptors (Lipinski definition) is 6. The molecule has 4 aliphatic rings. The Hall–Kier alpha value is -5.73. The first-order chi connectivity index (χ1) is 33.1. The zero-order valence-electron chi connectivity index (χ0n) is 39.2. The predicted molar refractivity (Wildman–Crippen MR) is 282 cm³/mol. The molecule has 4 aromatic heterocycles. The molecule has 1 N–H and O–H groups in total. The maximum Gasteiger partial charge on any atom is 1.00 e. The normalized spacial score (nSPS) is 21.3. The van der Waals surface area contributed by atoms with Gasteiger partial charge >= 0.3 is 18.9 Å². The smallest absolute Gasteiger partial charge is 0.380 e. The molecule has 71 heavy (non-hydrogen) atoms. The average Bonchev–Trinajstić information content (AvgIpc) is 4.23. The topological polar surface area (TPSA) is 72.9 Å². The zero-order chi connectivity index (χ0) is 46.9. The number of allylic oxidation sites excluding steroid dienone is 2. The van der Waals surface area contributed by atoms with Gasteiger partial charge in [0.1, 0.15) is 17.2 Å². The number of rotatable bonds is 7. The van der Waals surface area contributed by atoms with E-state index in [1.807, 2.05) is 87.1 Å². The monoisotopic (exact) mass is 978 g/mol. The van der Waals surface area contributed by atoms with Gasteiger partial charge in [0.15, 0.2) is 5.78 Å². The van der Waals surface area contributed by atoms with Gasteiger partial charge in [-0.15, -0.1) is 0 Å². The van der Waals surface area contributed by atoms with Gasteiger partial charge in [-0.2, -0.15) is 69.3 Å². The minimum atomic E-state index is -1.07. The number of benzene rings is 4. The van der Waals surface area contributed by atoms with Crippen molar-refractivity contribution >= 4 is 40.6 Å². The summed E-state index contributed by atoms with van der Waals surface area (Å²) in [5.41, 5.74) is 10.2. The first kappa shape index (κ1) is 53.1. The summed E-state index contributed by atoms with van der Waals surface area (Å²) in [6, 6.07) is 39.5. The maximum atomic E-state index is 13.5. The van der Waals surface area contributed by atoms with Gasteiger partial charge in [-0.25, -0.2) is 18.1 Å². The minimum Gasteiger partial charge on any atom is -0.380 e. The molecule has 4 aliphatic carbocycles. The van der Waals surface area contributed by atoms with E-state index in [4.69, 9.17) is 0 Å². The summed E-state index contributed by atoms with van der Waals surface area (Å²) < 4.78 is 30.6. The Labute approximate surface area is 438 Å². The summed E-state index contributed by atoms with van der Waals surface area (Å²) in [4.78, 5) is 13.2. The Bertz CT molecular complexity index is 3030. The van der Waals surface area contributed by atoms with Crippen molar-refractivity contribution in [1.82, 2.24) is 19.6 Å². The summed E-state index contributed by atoms with van der Waals surface area (Å²) in [6.07, 6.45) is 16.0. The molecule has 2 fully saturated rings. The summed E-state index contributed by atoms with van der Waals surface area (Å²) in [6.45, 7) is 4.56. The molecule has 2 saturated carbocycles. The fourth-order valence-corrected chi connectivity index (χ4v) is 12.8. The first-order valence-electron chi connectivity index (χ1n) is 23.4. The van der Waals surface area contributed by atoms with Crippen LogP contribution in [0.1, 0.15) is 111 Å². The molecule has 0 spiro atoms. The van der Waals surface area contributed by atoms with Crippen molar-refractivity contribution in [3.05, 3.63) is 223 Å². The van der Waals surface area contributed by atoms with Gasteiger partial charge in [0.25, 0.3) is 0 Å². The molecule has 360 valence electrons. The number of aliphatic hydroxyl groups is 1. The van der Waals surface area contributed by atoms with E-state index in [9.17, 15) is 18.7 Å². The SMILES string of the molecule is C.C.C[C@]12Cc3cnn(-c4ccc(F)cc4)c3C=C1CCC[C@@H]2C(=O)c1ccsc1.C[C@]12Cc3cnn(-c4ccc(F)cc4)c3C=C1CCC[C@@H]2C(O)(c1ccccc1)c1ccsc1.[Li+].[c-]1ccccc1. The molecule has 4 aromatic carbocycles. The van der Waals surface area contributed by atoms with E-state index in [1.165, 1.54) is 41.0 Å². The van der Waals surface area contributed by atoms with E-state index in [-0.39, 0.29) is 73.8 Å². The molecule has 0 saturated heterocycles. The molecule has 12 rings (SSSR count). The summed E-state index contributed by atoms with van der Waals surface area (Å²) in [7, 11) is 0. The Morgan fingerprint density at radius 3 is 1.70 bits per heavy atom. The molecule has 0 amide bonds. The number of fused-ring (bicyclic) bond motifs is 4. The Balaban J connectivity index is 0.000000182. The van der Waals surface area contributed by atoms with E-state index in [0.29, 0.717) is 0 Å². The quantitative estimate of drug-likeness (QED) is 0.0981. The average molecular weight is 979 g/mol. The largest absolute Gasteiger partial charge is 1.00 e. The molecule has 0 bridgehead atoms. The number of carbonyl (C=O) groups excluding carboxylic acids is 1. The van der Waals surface area contributed by atoms with Crippen LogP contribution < -0.4 is 18.9 Å². The third-order valence-corrected chi connectivity index (χ3v) is 16.3. The van der Waals surface area contributed by atoms with Crippen molar-refractivity contribution in [2.45, 2.75) is 85.7 Å². The van der Waals surface area contributed by atoms with Crippen molar-refractivity contribution < 1.29 is 37.5 Å². The van der Waals surface area contributed by atoms with Crippen LogP contribution in [0.15, 0.2) is 166 Å². The molecule has 0 aliphatic heterocycles. The number of halogens is 2. The Morgan fingerprint density at radius 2 is 1.20 bits per heavy atom. The van der Waals surface area contributed by atoms with Gasteiger partial charge in [0.05, 0.1) is 35.2 Å². The first-order valence-corrected chi connectivity index (χ1v) is 25.3. The number of aromatic nitrogens is 4. The molecular formula is C60H61F2LiN4O2S2. The minimum absolute atomic E-state index is 0. The second-order valence-corrected chi connectivity index (χ2v) is 20.5. The summed E-state index contributed by atoms with van der Waals surface area (Å²) >= 11 is 3.20. The number of nitrogens with zero attached hydrogens (tertiary/aromatic N) is 4. The molecule has 0 radical (unpaired) electrons. The van der Waals surface area contributed by atoms with E-state index < -0.39 is 5.60 Å². The van der Waals surface area contributed by atoms with Gasteiger partial charge in [-0.05, 0) is 168 Å². The van der Waals surface area contributed by atoms with E-state index >= 15 is 0 Å². The number of thiophene rings is 2. The third kappa shape index (κ3) is 10.2. The van der Waals surface area contributed by atoms with Gasteiger partial charge in [0.2, 0.25) is 0 Å². The zero-order valence-corrected chi connectivity index (χ0v) is 40.8. The van der Waals surface area contributed by atoms with Crippen molar-refractivity contribution in [1.29, 1.82) is 0 Å². The van der Waals surface area contributed by atoms with Crippen LogP contribution in [-0.4, -0.2) is 30.5 Å². The van der Waals surface area contributed by atoms with Crippen LogP contribution in [-0.2, 0) is 18.4 Å². The van der Waals surface area contributed by atoms with Crippen LogP contribution in [0.25, 0.3) is 23.5 Å². The van der Waals surface area contributed by atoms with Gasteiger partial charge in [0, 0.05) is 28.2 Å². The van der Waals surface area contributed by atoms with Crippen LogP contribution in [0, 0.1) is 40.4 Å². The van der Waals surface area contributed by atoms with Crippen molar-refractivity contribution in [3.63, 3.8) is 0 Å². The van der Waals surface area contributed by atoms with Crippen LogP contribution in [0.4, 0.5) is 8.78 Å². The molecule has 6 nitrogen and oxygen atoms in total. The van der Waals surface area contributed by atoms with Crippen molar-refractivity contribution in [3.8, 4) is 11.4 Å². The van der Waals surface area contributed by atoms with Crippen LogP contribution >= 0.6 is 22.7 Å². The molecule has 11 heteroatoms. The van der Waals surface area contributed by atoms with Crippen LogP contribution in [0.5, 0.6) is 0 Å². The number of ketones is 1. The molecule has 4 heterocycles. The number of Topliss-reactive ketones (excluding diaryl/α,β-unsaturated/α-hetero) is 1. The molecule has 5 atom stereocenters. The van der Waals surface area contributed by atoms with E-state index in [1.54, 1.807) is 46.9 Å². The third-order valence-electron chi connectivity index (χ3n) is 14.9. The van der Waals surface area contributed by atoms with Crippen LogP contribution in [0.2, 0.25) is 0 Å². The molecular weight excluding hydrogens is 918 g/mol. The molecule has 1 unspecified atom stereocenters. The predicted octanol–water partition coefficient (Wildman–Crippen LogP) is 12.2. The second kappa shape index (κ2) is 22.4. The van der Waals surface area contributed by atoms with E-state index in [2.05, 4.69) is 71.2 Å². The Kier molecular flexibility index (Phi) is 16.7. The Morgan fingerprint density at radius 1 is 0.676 bits per heavy atom. The fraction of sp³-hybridized carbons (Fsp3) is 0.283. The van der Waals surface area contributed by atoms with Gasteiger partial charge in [-0.1, -0.05) is 70.2 Å².